The Morgan fingerprint density at radius 2 is 1.90 bits per heavy atom. The van der Waals surface area contributed by atoms with Crippen LogP contribution in [0.1, 0.15) is 22.3 Å². The molecule has 1 rings (SSSR count). The average molecular weight is 288 g/mol. The number of nitrogens with one attached hydrogen (secondary N) is 1. The van der Waals surface area contributed by atoms with E-state index in [2.05, 4.69) is 11.9 Å². The summed E-state index contributed by atoms with van der Waals surface area (Å²) in [6.07, 6.45) is 4.29. The standard InChI is InChI=1S/C15H16N2O4/c1-2-3-12(15(20)21)17-13(18)9-6-10-4-7-11(8-5-10)14(16)19/h2,4-9,12H,1,3H2,(H2,16,19)(H,17,18)(H,20,21)/b9-6+. The maximum absolute atomic E-state index is 11.6. The van der Waals surface area contributed by atoms with Gasteiger partial charge in [0.25, 0.3) is 0 Å². The molecule has 0 radical (unpaired) electrons. The minimum Gasteiger partial charge on any atom is -0.480 e. The number of hydrogen-bond donors (Lipinski definition) is 3. The fourth-order valence-electron chi connectivity index (χ4n) is 1.54. The van der Waals surface area contributed by atoms with Crippen LogP contribution in [-0.4, -0.2) is 28.9 Å². The van der Waals surface area contributed by atoms with E-state index in [9.17, 15) is 14.4 Å². The highest BCUT2D eigenvalue weighted by Crippen LogP contribution is 2.05. The fourth-order valence-corrected chi connectivity index (χ4v) is 1.54. The molecule has 0 heterocycles. The summed E-state index contributed by atoms with van der Waals surface area (Å²) in [5.74, 6) is -2.18. The topological polar surface area (TPSA) is 109 Å². The first-order valence-electron chi connectivity index (χ1n) is 6.16. The molecule has 0 spiro atoms. The van der Waals surface area contributed by atoms with Gasteiger partial charge in [-0.1, -0.05) is 18.2 Å². The SMILES string of the molecule is C=CCC(NC(=O)/C=C/c1ccc(C(N)=O)cc1)C(=O)O. The van der Waals surface area contributed by atoms with Crippen molar-refractivity contribution in [3.63, 3.8) is 0 Å². The zero-order chi connectivity index (χ0) is 15.8. The Kier molecular flexibility index (Phi) is 5.88. The van der Waals surface area contributed by atoms with E-state index < -0.39 is 23.8 Å². The molecule has 0 saturated carbocycles. The van der Waals surface area contributed by atoms with Crippen molar-refractivity contribution in [2.45, 2.75) is 12.5 Å². The third-order valence-electron chi connectivity index (χ3n) is 2.64. The lowest BCUT2D eigenvalue weighted by Gasteiger charge is -2.10. The molecule has 1 aromatic rings. The van der Waals surface area contributed by atoms with Crippen molar-refractivity contribution in [3.8, 4) is 0 Å². The summed E-state index contributed by atoms with van der Waals surface area (Å²) >= 11 is 0. The monoisotopic (exact) mass is 288 g/mol. The second kappa shape index (κ2) is 7.64. The van der Waals surface area contributed by atoms with Gasteiger partial charge in [0.15, 0.2) is 0 Å². The minimum atomic E-state index is -1.12. The first-order chi connectivity index (χ1) is 9.93. The Balaban J connectivity index is 2.66. The van der Waals surface area contributed by atoms with Gasteiger partial charge in [0.2, 0.25) is 11.8 Å². The number of carbonyl (C=O) groups excluding carboxylic acids is 2. The number of hydrogen-bond acceptors (Lipinski definition) is 3. The van der Waals surface area contributed by atoms with Crippen LogP contribution < -0.4 is 11.1 Å². The van der Waals surface area contributed by atoms with E-state index in [1.165, 1.54) is 30.4 Å². The molecule has 1 aromatic carbocycles. The summed E-state index contributed by atoms with van der Waals surface area (Å²) in [6.45, 7) is 3.44. The van der Waals surface area contributed by atoms with Crippen LogP contribution in [0.25, 0.3) is 6.08 Å². The van der Waals surface area contributed by atoms with Gasteiger partial charge in [-0.25, -0.2) is 4.79 Å². The number of carboxylic acid groups (broad SMARTS) is 1. The molecule has 0 bridgehead atoms. The fraction of sp³-hybridized carbons (Fsp3) is 0.133. The molecule has 4 N–H and O–H groups in total. The van der Waals surface area contributed by atoms with Gasteiger partial charge in [-0.2, -0.15) is 0 Å². The second-order valence-electron chi connectivity index (χ2n) is 4.24. The van der Waals surface area contributed by atoms with Crippen LogP contribution in [0.3, 0.4) is 0 Å². The number of amides is 2. The third kappa shape index (κ3) is 5.32. The number of benzene rings is 1. The molecule has 0 aromatic heterocycles. The third-order valence-corrected chi connectivity index (χ3v) is 2.64. The van der Waals surface area contributed by atoms with Crippen molar-refractivity contribution in [1.82, 2.24) is 5.32 Å². The van der Waals surface area contributed by atoms with Gasteiger partial charge in [0.1, 0.15) is 6.04 Å². The highest BCUT2D eigenvalue weighted by molar-refractivity contribution is 5.95. The van der Waals surface area contributed by atoms with Crippen molar-refractivity contribution in [2.75, 3.05) is 0 Å². The van der Waals surface area contributed by atoms with Crippen molar-refractivity contribution in [1.29, 1.82) is 0 Å². The van der Waals surface area contributed by atoms with Crippen molar-refractivity contribution in [2.24, 2.45) is 5.73 Å². The Hall–Kier alpha value is -2.89. The Morgan fingerprint density at radius 1 is 1.29 bits per heavy atom. The van der Waals surface area contributed by atoms with Gasteiger partial charge in [-0.05, 0) is 30.2 Å². The van der Waals surface area contributed by atoms with E-state index >= 15 is 0 Å². The smallest absolute Gasteiger partial charge is 0.326 e. The predicted octanol–water partition coefficient (Wildman–Crippen LogP) is 0.944. The maximum atomic E-state index is 11.6. The Labute approximate surface area is 122 Å². The molecule has 21 heavy (non-hydrogen) atoms. The quantitative estimate of drug-likeness (QED) is 0.512. The minimum absolute atomic E-state index is 0.141. The van der Waals surface area contributed by atoms with Crippen molar-refractivity contribution < 1.29 is 19.5 Å². The first kappa shape index (κ1) is 16.2. The summed E-state index contributed by atoms with van der Waals surface area (Å²) in [5, 5.41) is 11.2. The van der Waals surface area contributed by atoms with Crippen LogP contribution in [0.15, 0.2) is 43.0 Å². The molecule has 1 unspecified atom stereocenters. The molecule has 6 heteroatoms. The number of carboxylic acids is 1. The zero-order valence-corrected chi connectivity index (χ0v) is 11.3. The summed E-state index contributed by atoms with van der Waals surface area (Å²) in [4.78, 5) is 33.4. The van der Waals surface area contributed by atoms with Crippen molar-refractivity contribution in [3.05, 3.63) is 54.1 Å². The Morgan fingerprint density at radius 3 is 2.38 bits per heavy atom. The van der Waals surface area contributed by atoms with Crippen LogP contribution in [-0.2, 0) is 9.59 Å². The highest BCUT2D eigenvalue weighted by Gasteiger charge is 2.16. The largest absolute Gasteiger partial charge is 0.480 e. The number of carbonyl (C=O) groups is 3. The molecule has 0 aliphatic rings. The van der Waals surface area contributed by atoms with Gasteiger partial charge >= 0.3 is 5.97 Å². The van der Waals surface area contributed by atoms with Crippen LogP contribution in [0.2, 0.25) is 0 Å². The van der Waals surface area contributed by atoms with Gasteiger partial charge in [0.05, 0.1) is 0 Å². The van der Waals surface area contributed by atoms with Gasteiger partial charge in [0, 0.05) is 11.6 Å². The van der Waals surface area contributed by atoms with E-state index in [1.54, 1.807) is 12.1 Å². The van der Waals surface area contributed by atoms with Gasteiger partial charge < -0.3 is 16.2 Å². The lowest BCUT2D eigenvalue weighted by atomic mass is 10.1. The number of nitrogens with two attached hydrogens (primary N) is 1. The molecule has 0 aliphatic heterocycles. The molecule has 0 saturated heterocycles. The normalized spacial score (nSPS) is 11.8. The molecule has 0 aliphatic carbocycles. The second-order valence-corrected chi connectivity index (χ2v) is 4.24. The lowest BCUT2D eigenvalue weighted by molar-refractivity contribution is -0.141. The molecule has 0 fully saturated rings. The molecule has 2 amide bonds. The number of primary amides is 1. The summed E-state index contributed by atoms with van der Waals surface area (Å²) in [6, 6.07) is 5.33. The molecular formula is C15H16N2O4. The van der Waals surface area contributed by atoms with Gasteiger partial charge in [-0.15, -0.1) is 6.58 Å². The average Bonchev–Trinajstić information content (AvgIpc) is 2.45. The van der Waals surface area contributed by atoms with Crippen LogP contribution >= 0.6 is 0 Å². The summed E-state index contributed by atoms with van der Waals surface area (Å²) < 4.78 is 0. The molecule has 6 nitrogen and oxygen atoms in total. The zero-order valence-electron chi connectivity index (χ0n) is 11.3. The van der Waals surface area contributed by atoms with Crippen LogP contribution in [0, 0.1) is 0 Å². The van der Waals surface area contributed by atoms with Gasteiger partial charge in [-0.3, -0.25) is 9.59 Å². The van der Waals surface area contributed by atoms with E-state index in [4.69, 9.17) is 10.8 Å². The summed E-state index contributed by atoms with van der Waals surface area (Å²) in [5.41, 5.74) is 6.17. The maximum Gasteiger partial charge on any atom is 0.326 e. The van der Waals surface area contributed by atoms with E-state index in [0.717, 1.165) is 0 Å². The summed E-state index contributed by atoms with van der Waals surface area (Å²) in [7, 11) is 0. The van der Waals surface area contributed by atoms with E-state index in [0.29, 0.717) is 11.1 Å². The van der Waals surface area contributed by atoms with Crippen LogP contribution in [0.4, 0.5) is 0 Å². The highest BCUT2D eigenvalue weighted by atomic mass is 16.4. The lowest BCUT2D eigenvalue weighted by Crippen LogP contribution is -2.39. The molecular weight excluding hydrogens is 272 g/mol. The van der Waals surface area contributed by atoms with E-state index in [-0.39, 0.29) is 6.42 Å². The first-order valence-corrected chi connectivity index (χ1v) is 6.16. The number of rotatable bonds is 7. The van der Waals surface area contributed by atoms with E-state index in [1.807, 2.05) is 0 Å². The predicted molar refractivity (Wildman–Crippen MR) is 78.4 cm³/mol. The van der Waals surface area contributed by atoms with Crippen LogP contribution in [0.5, 0.6) is 0 Å². The van der Waals surface area contributed by atoms with Crippen molar-refractivity contribution >= 4 is 23.9 Å². The molecule has 110 valence electrons. The Bertz CT molecular complexity index is 576. The molecule has 1 atom stereocenters. The number of aliphatic carboxylic acids is 1.